The highest BCUT2D eigenvalue weighted by atomic mass is 19.4. The van der Waals surface area contributed by atoms with Crippen LogP contribution in [-0.2, 0) is 10.9 Å². The Morgan fingerprint density at radius 3 is 2.56 bits per heavy atom. The third-order valence-corrected chi connectivity index (χ3v) is 3.89. The van der Waals surface area contributed by atoms with Crippen molar-refractivity contribution in [2.45, 2.75) is 6.18 Å². The van der Waals surface area contributed by atoms with Gasteiger partial charge in [0.05, 0.1) is 24.5 Å². The standard InChI is InChI=1S/C16H23F3N4O2/c1-22(2)12-3-4-14(13(11-12)16(17,18)19)21-15(24)20-5-6-23-7-9-25-10-8-23/h3-4,11H,5-10H2,1-2H3,(H2,20,21,24). The maximum absolute atomic E-state index is 13.2. The molecule has 1 aliphatic heterocycles. The van der Waals surface area contributed by atoms with E-state index < -0.39 is 17.8 Å². The number of alkyl halides is 3. The maximum atomic E-state index is 13.2. The van der Waals surface area contributed by atoms with E-state index in [0.717, 1.165) is 19.2 Å². The van der Waals surface area contributed by atoms with Crippen molar-refractivity contribution >= 4 is 17.4 Å². The van der Waals surface area contributed by atoms with Crippen molar-refractivity contribution in [1.82, 2.24) is 10.2 Å². The first-order valence-corrected chi connectivity index (χ1v) is 8.01. The van der Waals surface area contributed by atoms with Gasteiger partial charge in [0.2, 0.25) is 0 Å². The van der Waals surface area contributed by atoms with Crippen LogP contribution in [0.1, 0.15) is 5.56 Å². The summed E-state index contributed by atoms with van der Waals surface area (Å²) in [5, 5.41) is 4.87. The van der Waals surface area contributed by atoms with Gasteiger partial charge in [-0.3, -0.25) is 4.90 Å². The molecular weight excluding hydrogens is 337 g/mol. The zero-order chi connectivity index (χ0) is 18.4. The molecule has 1 aromatic carbocycles. The lowest BCUT2D eigenvalue weighted by Crippen LogP contribution is -2.42. The molecule has 140 valence electrons. The molecule has 0 atom stereocenters. The van der Waals surface area contributed by atoms with Gasteiger partial charge in [-0.15, -0.1) is 0 Å². The van der Waals surface area contributed by atoms with E-state index in [0.29, 0.717) is 32.0 Å². The molecule has 0 radical (unpaired) electrons. The summed E-state index contributed by atoms with van der Waals surface area (Å²) in [5.74, 6) is 0. The van der Waals surface area contributed by atoms with Crippen molar-refractivity contribution in [2.24, 2.45) is 0 Å². The summed E-state index contributed by atoms with van der Waals surface area (Å²) in [5.41, 5.74) is -0.727. The van der Waals surface area contributed by atoms with Gasteiger partial charge in [-0.1, -0.05) is 0 Å². The number of anilines is 2. The molecule has 2 N–H and O–H groups in total. The van der Waals surface area contributed by atoms with Crippen LogP contribution in [0.4, 0.5) is 29.3 Å². The Morgan fingerprint density at radius 2 is 1.96 bits per heavy atom. The van der Waals surface area contributed by atoms with Crippen LogP contribution in [0.15, 0.2) is 18.2 Å². The molecule has 1 aromatic rings. The first kappa shape index (κ1) is 19.3. The number of carbonyl (C=O) groups is 1. The number of urea groups is 1. The van der Waals surface area contributed by atoms with Gasteiger partial charge in [0, 0.05) is 46.0 Å². The number of hydrogen-bond donors (Lipinski definition) is 2. The fourth-order valence-electron chi connectivity index (χ4n) is 2.47. The topological polar surface area (TPSA) is 56.8 Å². The first-order valence-electron chi connectivity index (χ1n) is 8.01. The van der Waals surface area contributed by atoms with Crippen molar-refractivity contribution < 1.29 is 22.7 Å². The average molecular weight is 360 g/mol. The molecule has 6 nitrogen and oxygen atoms in total. The second-order valence-corrected chi connectivity index (χ2v) is 5.96. The van der Waals surface area contributed by atoms with Gasteiger partial charge in [-0.25, -0.2) is 4.79 Å². The van der Waals surface area contributed by atoms with E-state index in [-0.39, 0.29) is 5.69 Å². The highest BCUT2D eigenvalue weighted by Crippen LogP contribution is 2.37. The predicted molar refractivity (Wildman–Crippen MR) is 90.1 cm³/mol. The van der Waals surface area contributed by atoms with Crippen LogP contribution in [-0.4, -0.2) is 64.4 Å². The number of benzene rings is 1. The van der Waals surface area contributed by atoms with Crippen molar-refractivity contribution in [1.29, 1.82) is 0 Å². The van der Waals surface area contributed by atoms with E-state index in [9.17, 15) is 18.0 Å². The Hall–Kier alpha value is -2.00. The number of rotatable bonds is 5. The lowest BCUT2D eigenvalue weighted by atomic mass is 10.1. The average Bonchev–Trinajstić information content (AvgIpc) is 2.55. The number of amides is 2. The number of morpholine rings is 1. The molecule has 0 saturated carbocycles. The molecule has 0 aromatic heterocycles. The second-order valence-electron chi connectivity index (χ2n) is 5.96. The largest absolute Gasteiger partial charge is 0.418 e. The van der Waals surface area contributed by atoms with Crippen LogP contribution in [0, 0.1) is 0 Å². The van der Waals surface area contributed by atoms with Crippen LogP contribution in [0.2, 0.25) is 0 Å². The molecule has 1 heterocycles. The minimum absolute atomic E-state index is 0.262. The molecule has 2 amide bonds. The summed E-state index contributed by atoms with van der Waals surface area (Å²) >= 11 is 0. The van der Waals surface area contributed by atoms with E-state index in [1.54, 1.807) is 19.0 Å². The molecule has 25 heavy (non-hydrogen) atoms. The van der Waals surface area contributed by atoms with Gasteiger partial charge >= 0.3 is 12.2 Å². The normalized spacial score (nSPS) is 15.7. The van der Waals surface area contributed by atoms with Crippen LogP contribution >= 0.6 is 0 Å². The van der Waals surface area contributed by atoms with Gasteiger partial charge in [-0.05, 0) is 18.2 Å². The van der Waals surface area contributed by atoms with Crippen molar-refractivity contribution in [3.05, 3.63) is 23.8 Å². The molecule has 9 heteroatoms. The highest BCUT2D eigenvalue weighted by molar-refractivity contribution is 5.90. The molecule has 0 unspecified atom stereocenters. The lowest BCUT2D eigenvalue weighted by molar-refractivity contribution is -0.136. The molecule has 0 spiro atoms. The summed E-state index contributed by atoms with van der Waals surface area (Å²) in [6.45, 7) is 3.85. The first-order chi connectivity index (χ1) is 11.8. The van der Waals surface area contributed by atoms with Gasteiger partial charge in [0.15, 0.2) is 0 Å². The molecular formula is C16H23F3N4O2. The summed E-state index contributed by atoms with van der Waals surface area (Å²) in [6.07, 6.45) is -4.55. The Morgan fingerprint density at radius 1 is 1.28 bits per heavy atom. The summed E-state index contributed by atoms with van der Waals surface area (Å²) < 4.78 is 44.9. The summed E-state index contributed by atoms with van der Waals surface area (Å²) in [6, 6.07) is 3.15. The maximum Gasteiger partial charge on any atom is 0.418 e. The highest BCUT2D eigenvalue weighted by Gasteiger charge is 2.34. The van der Waals surface area contributed by atoms with E-state index in [4.69, 9.17) is 4.74 Å². The van der Waals surface area contributed by atoms with E-state index >= 15 is 0 Å². The van der Waals surface area contributed by atoms with Crippen molar-refractivity contribution in [3.63, 3.8) is 0 Å². The molecule has 0 bridgehead atoms. The van der Waals surface area contributed by atoms with Crippen molar-refractivity contribution in [2.75, 3.05) is 63.7 Å². The Kier molecular flexibility index (Phi) is 6.49. The lowest BCUT2D eigenvalue weighted by Gasteiger charge is -2.26. The number of nitrogens with zero attached hydrogens (tertiary/aromatic N) is 2. The summed E-state index contributed by atoms with van der Waals surface area (Å²) in [4.78, 5) is 15.6. The Labute approximate surface area is 144 Å². The fourth-order valence-corrected chi connectivity index (χ4v) is 2.47. The van der Waals surface area contributed by atoms with Crippen LogP contribution < -0.4 is 15.5 Å². The quantitative estimate of drug-likeness (QED) is 0.846. The predicted octanol–water partition coefficient (Wildman–Crippen LogP) is 2.23. The van der Waals surface area contributed by atoms with E-state index in [1.807, 2.05) is 0 Å². The molecule has 1 aliphatic rings. The number of carbonyl (C=O) groups excluding carboxylic acids is 1. The van der Waals surface area contributed by atoms with Crippen molar-refractivity contribution in [3.8, 4) is 0 Å². The fraction of sp³-hybridized carbons (Fsp3) is 0.562. The zero-order valence-electron chi connectivity index (χ0n) is 14.3. The summed E-state index contributed by atoms with van der Waals surface area (Å²) in [7, 11) is 3.31. The van der Waals surface area contributed by atoms with Gasteiger partial charge < -0.3 is 20.3 Å². The monoisotopic (exact) mass is 360 g/mol. The molecule has 1 saturated heterocycles. The zero-order valence-corrected chi connectivity index (χ0v) is 14.3. The van der Waals surface area contributed by atoms with Crippen LogP contribution in [0.25, 0.3) is 0 Å². The molecule has 2 rings (SSSR count). The SMILES string of the molecule is CN(C)c1ccc(NC(=O)NCCN2CCOCC2)c(C(F)(F)F)c1. The minimum Gasteiger partial charge on any atom is -0.379 e. The second kappa shape index (κ2) is 8.39. The van der Waals surface area contributed by atoms with Crippen LogP contribution in [0.3, 0.4) is 0 Å². The van der Waals surface area contributed by atoms with E-state index in [1.165, 1.54) is 12.1 Å². The van der Waals surface area contributed by atoms with Crippen LogP contribution in [0.5, 0.6) is 0 Å². The number of halogens is 3. The Bertz CT molecular complexity index is 587. The third kappa shape index (κ3) is 5.79. The molecule has 1 fully saturated rings. The number of hydrogen-bond acceptors (Lipinski definition) is 4. The van der Waals surface area contributed by atoms with Gasteiger partial charge in [0.1, 0.15) is 0 Å². The minimum atomic E-state index is -4.55. The smallest absolute Gasteiger partial charge is 0.379 e. The number of ether oxygens (including phenoxy) is 1. The van der Waals surface area contributed by atoms with Gasteiger partial charge in [0.25, 0.3) is 0 Å². The van der Waals surface area contributed by atoms with E-state index in [2.05, 4.69) is 15.5 Å². The van der Waals surface area contributed by atoms with Gasteiger partial charge in [-0.2, -0.15) is 13.2 Å². The Balaban J connectivity index is 1.94. The molecule has 0 aliphatic carbocycles. The third-order valence-electron chi connectivity index (χ3n) is 3.89. The number of nitrogens with one attached hydrogen (secondary N) is 2.